The first-order chi connectivity index (χ1) is 9.58. The van der Waals surface area contributed by atoms with Crippen LogP contribution in [0.2, 0.25) is 0 Å². The Balaban J connectivity index is 1.91. The average Bonchev–Trinajstić information content (AvgIpc) is 2.94. The predicted octanol–water partition coefficient (Wildman–Crippen LogP) is 3.32. The summed E-state index contributed by atoms with van der Waals surface area (Å²) in [6.07, 6.45) is 6.64. The summed E-state index contributed by atoms with van der Waals surface area (Å²) < 4.78 is 5.43. The van der Waals surface area contributed by atoms with Crippen LogP contribution in [0.5, 0.6) is 0 Å². The average molecular weight is 292 g/mol. The summed E-state index contributed by atoms with van der Waals surface area (Å²) in [6.45, 7) is 3.95. The molecule has 2 aromatic heterocycles. The van der Waals surface area contributed by atoms with Gasteiger partial charge in [-0.25, -0.2) is 4.98 Å². The molecule has 0 bridgehead atoms. The molecule has 5 nitrogen and oxygen atoms in total. The highest BCUT2D eigenvalue weighted by atomic mass is 32.1. The molecule has 20 heavy (non-hydrogen) atoms. The summed E-state index contributed by atoms with van der Waals surface area (Å²) in [6, 6.07) is 0. The third kappa shape index (κ3) is 2.50. The molecule has 0 aromatic carbocycles. The molecule has 1 saturated carbocycles. The number of aromatic nitrogens is 3. The van der Waals surface area contributed by atoms with Crippen LogP contribution >= 0.6 is 11.3 Å². The van der Waals surface area contributed by atoms with Crippen molar-refractivity contribution >= 4 is 11.3 Å². The van der Waals surface area contributed by atoms with Gasteiger partial charge in [-0.05, 0) is 26.7 Å². The molecule has 108 valence electrons. The fraction of sp³-hybridized carbons (Fsp3) is 0.643. The summed E-state index contributed by atoms with van der Waals surface area (Å²) in [5, 5.41) is 5.16. The third-order valence-electron chi connectivity index (χ3n) is 3.96. The summed E-state index contributed by atoms with van der Waals surface area (Å²) in [7, 11) is 0. The zero-order valence-electron chi connectivity index (χ0n) is 12.0. The van der Waals surface area contributed by atoms with E-state index in [9.17, 15) is 0 Å². The predicted molar refractivity (Wildman–Crippen MR) is 78.4 cm³/mol. The maximum atomic E-state index is 6.52. The molecule has 2 heterocycles. The van der Waals surface area contributed by atoms with Crippen molar-refractivity contribution in [1.82, 2.24) is 15.1 Å². The molecule has 1 aliphatic carbocycles. The van der Waals surface area contributed by atoms with Crippen LogP contribution in [-0.4, -0.2) is 15.1 Å². The molecular formula is C14H20N4OS. The van der Waals surface area contributed by atoms with Gasteiger partial charge in [0.1, 0.15) is 4.88 Å². The van der Waals surface area contributed by atoms with Gasteiger partial charge in [-0.3, -0.25) is 0 Å². The number of hydrogen-bond acceptors (Lipinski definition) is 6. The number of nitrogens with two attached hydrogens (primary N) is 1. The molecule has 0 unspecified atom stereocenters. The molecule has 0 atom stereocenters. The van der Waals surface area contributed by atoms with Gasteiger partial charge >= 0.3 is 0 Å². The molecule has 6 heteroatoms. The topological polar surface area (TPSA) is 77.8 Å². The molecular weight excluding hydrogens is 272 g/mol. The Hall–Kier alpha value is -1.27. The summed E-state index contributed by atoms with van der Waals surface area (Å²) in [4.78, 5) is 9.92. The SMILES string of the molecule is Cc1nc(C)c(-c2nc(C3(N)CCCCCC3)no2)s1. The lowest BCUT2D eigenvalue weighted by atomic mass is 9.91. The normalized spacial score (nSPS) is 18.9. The van der Waals surface area contributed by atoms with Crippen molar-refractivity contribution in [3.05, 3.63) is 16.5 Å². The summed E-state index contributed by atoms with van der Waals surface area (Å²) in [5.41, 5.74) is 7.03. The van der Waals surface area contributed by atoms with Gasteiger partial charge in [0.25, 0.3) is 5.89 Å². The lowest BCUT2D eigenvalue weighted by Gasteiger charge is -2.23. The highest BCUT2D eigenvalue weighted by molar-refractivity contribution is 7.15. The summed E-state index contributed by atoms with van der Waals surface area (Å²) in [5.74, 6) is 1.21. The van der Waals surface area contributed by atoms with E-state index in [1.165, 1.54) is 12.8 Å². The number of rotatable bonds is 2. The van der Waals surface area contributed by atoms with Crippen molar-refractivity contribution < 1.29 is 4.52 Å². The van der Waals surface area contributed by atoms with Crippen molar-refractivity contribution in [3.63, 3.8) is 0 Å². The Morgan fingerprint density at radius 3 is 2.40 bits per heavy atom. The second-order valence-corrected chi connectivity index (χ2v) is 6.84. The van der Waals surface area contributed by atoms with E-state index in [-0.39, 0.29) is 0 Å². The Morgan fingerprint density at radius 2 is 1.80 bits per heavy atom. The zero-order chi connectivity index (χ0) is 14.2. The van der Waals surface area contributed by atoms with Crippen molar-refractivity contribution in [2.75, 3.05) is 0 Å². The second-order valence-electron chi connectivity index (χ2n) is 5.64. The quantitative estimate of drug-likeness (QED) is 0.859. The maximum Gasteiger partial charge on any atom is 0.269 e. The Morgan fingerprint density at radius 1 is 1.10 bits per heavy atom. The van der Waals surface area contributed by atoms with Crippen LogP contribution in [-0.2, 0) is 5.54 Å². The van der Waals surface area contributed by atoms with Crippen LogP contribution in [0.4, 0.5) is 0 Å². The molecule has 2 aromatic rings. The minimum atomic E-state index is -0.425. The van der Waals surface area contributed by atoms with E-state index in [1.807, 2.05) is 13.8 Å². The number of nitrogens with zero attached hydrogens (tertiary/aromatic N) is 3. The maximum absolute atomic E-state index is 6.52. The van der Waals surface area contributed by atoms with E-state index < -0.39 is 5.54 Å². The molecule has 0 saturated heterocycles. The standard InChI is InChI=1S/C14H20N4OS/c1-9-11(20-10(2)16-9)12-17-13(18-19-12)14(15)7-5-3-4-6-8-14/h3-8,15H2,1-2H3. The van der Waals surface area contributed by atoms with Gasteiger partial charge in [-0.2, -0.15) is 4.98 Å². The van der Waals surface area contributed by atoms with Crippen LogP contribution in [0.15, 0.2) is 4.52 Å². The van der Waals surface area contributed by atoms with Gasteiger partial charge in [-0.1, -0.05) is 30.8 Å². The Kier molecular flexibility index (Phi) is 3.60. The summed E-state index contributed by atoms with van der Waals surface area (Å²) >= 11 is 1.58. The van der Waals surface area contributed by atoms with E-state index in [2.05, 4.69) is 15.1 Å². The lowest BCUT2D eigenvalue weighted by molar-refractivity contribution is 0.334. The monoisotopic (exact) mass is 292 g/mol. The van der Waals surface area contributed by atoms with Gasteiger partial charge in [-0.15, -0.1) is 11.3 Å². The van der Waals surface area contributed by atoms with Crippen molar-refractivity contribution in [2.45, 2.75) is 57.9 Å². The Bertz CT molecular complexity index is 596. The minimum absolute atomic E-state index is 0.425. The molecule has 1 aliphatic rings. The molecule has 0 radical (unpaired) electrons. The molecule has 0 spiro atoms. The highest BCUT2D eigenvalue weighted by Crippen LogP contribution is 2.34. The number of thiazole rings is 1. The first-order valence-corrected chi connectivity index (χ1v) is 7.98. The molecule has 3 rings (SSSR count). The Labute approximate surface area is 122 Å². The van der Waals surface area contributed by atoms with Gasteiger partial charge in [0.15, 0.2) is 5.82 Å². The van der Waals surface area contributed by atoms with Crippen LogP contribution in [0, 0.1) is 13.8 Å². The molecule has 0 aliphatic heterocycles. The minimum Gasteiger partial charge on any atom is -0.333 e. The largest absolute Gasteiger partial charge is 0.333 e. The van der Waals surface area contributed by atoms with E-state index in [1.54, 1.807) is 11.3 Å². The number of aryl methyl sites for hydroxylation is 2. The molecule has 1 fully saturated rings. The van der Waals surface area contributed by atoms with E-state index >= 15 is 0 Å². The highest BCUT2D eigenvalue weighted by Gasteiger charge is 2.33. The van der Waals surface area contributed by atoms with Crippen molar-refractivity contribution in [1.29, 1.82) is 0 Å². The fourth-order valence-electron chi connectivity index (χ4n) is 2.83. The first kappa shape index (κ1) is 13.7. The van der Waals surface area contributed by atoms with Crippen LogP contribution in [0.1, 0.15) is 55.1 Å². The zero-order valence-corrected chi connectivity index (χ0v) is 12.8. The second kappa shape index (κ2) is 5.26. The molecule has 0 amide bonds. The third-order valence-corrected chi connectivity index (χ3v) is 5.03. The molecule has 2 N–H and O–H groups in total. The van der Waals surface area contributed by atoms with E-state index in [4.69, 9.17) is 10.3 Å². The first-order valence-electron chi connectivity index (χ1n) is 7.16. The van der Waals surface area contributed by atoms with Crippen LogP contribution in [0.25, 0.3) is 10.8 Å². The van der Waals surface area contributed by atoms with Gasteiger partial charge < -0.3 is 10.3 Å². The van der Waals surface area contributed by atoms with Crippen molar-refractivity contribution in [3.8, 4) is 10.8 Å². The van der Waals surface area contributed by atoms with Crippen LogP contribution < -0.4 is 5.73 Å². The fourth-order valence-corrected chi connectivity index (χ4v) is 3.67. The van der Waals surface area contributed by atoms with Crippen molar-refractivity contribution in [2.24, 2.45) is 5.73 Å². The van der Waals surface area contributed by atoms with Gasteiger partial charge in [0, 0.05) is 0 Å². The van der Waals surface area contributed by atoms with Gasteiger partial charge in [0.05, 0.1) is 16.2 Å². The lowest BCUT2D eigenvalue weighted by Crippen LogP contribution is -2.37. The van der Waals surface area contributed by atoms with Crippen LogP contribution in [0.3, 0.4) is 0 Å². The smallest absolute Gasteiger partial charge is 0.269 e. The number of hydrogen-bond donors (Lipinski definition) is 1. The van der Waals surface area contributed by atoms with E-state index in [0.29, 0.717) is 11.7 Å². The van der Waals surface area contributed by atoms with E-state index in [0.717, 1.165) is 41.3 Å². The van der Waals surface area contributed by atoms with Gasteiger partial charge in [0.2, 0.25) is 0 Å².